The molecule has 0 aliphatic heterocycles. The summed E-state index contributed by atoms with van der Waals surface area (Å²) in [6.45, 7) is 8.32. The SMILES string of the molecule is C=C(C)CC(c1cccc(OC)c1)C(C)C(O)(CN)c1ccccc1. The zero-order chi connectivity index (χ0) is 18.4. The molecule has 0 spiro atoms. The Morgan fingerprint density at radius 2 is 1.88 bits per heavy atom. The third kappa shape index (κ3) is 4.30. The van der Waals surface area contributed by atoms with Crippen molar-refractivity contribution in [3.63, 3.8) is 0 Å². The number of allylic oxidation sites excluding steroid dienone is 1. The summed E-state index contributed by atoms with van der Waals surface area (Å²) < 4.78 is 5.38. The summed E-state index contributed by atoms with van der Waals surface area (Å²) in [5.41, 5.74) is 7.98. The Kier molecular flexibility index (Phi) is 6.40. The van der Waals surface area contributed by atoms with E-state index >= 15 is 0 Å². The Bertz CT molecular complexity index is 698. The van der Waals surface area contributed by atoms with Crippen molar-refractivity contribution in [3.8, 4) is 5.75 Å². The molecule has 0 saturated heterocycles. The summed E-state index contributed by atoms with van der Waals surface area (Å²) in [5.74, 6) is 0.803. The fourth-order valence-corrected chi connectivity index (χ4v) is 3.46. The fourth-order valence-electron chi connectivity index (χ4n) is 3.46. The highest BCUT2D eigenvalue weighted by molar-refractivity contribution is 5.34. The Labute approximate surface area is 151 Å². The second-order valence-corrected chi connectivity index (χ2v) is 6.83. The summed E-state index contributed by atoms with van der Waals surface area (Å²) >= 11 is 0. The molecule has 25 heavy (non-hydrogen) atoms. The Morgan fingerprint density at radius 3 is 2.44 bits per heavy atom. The zero-order valence-electron chi connectivity index (χ0n) is 15.4. The lowest BCUT2D eigenvalue weighted by atomic mass is 9.71. The van der Waals surface area contributed by atoms with Crippen LogP contribution in [0, 0.1) is 5.92 Å². The van der Waals surface area contributed by atoms with E-state index in [1.165, 1.54) is 0 Å². The van der Waals surface area contributed by atoms with Crippen LogP contribution in [0.25, 0.3) is 0 Å². The van der Waals surface area contributed by atoms with Crippen molar-refractivity contribution in [2.75, 3.05) is 13.7 Å². The molecule has 3 N–H and O–H groups in total. The van der Waals surface area contributed by atoms with E-state index in [1.54, 1.807) is 7.11 Å². The molecule has 2 aromatic rings. The van der Waals surface area contributed by atoms with E-state index in [0.29, 0.717) is 0 Å². The van der Waals surface area contributed by atoms with E-state index in [4.69, 9.17) is 10.5 Å². The molecule has 3 nitrogen and oxygen atoms in total. The quantitative estimate of drug-likeness (QED) is 0.708. The molecule has 0 aromatic heterocycles. The third-order valence-corrected chi connectivity index (χ3v) is 5.03. The first-order valence-electron chi connectivity index (χ1n) is 8.68. The number of methoxy groups -OCH3 is 1. The minimum Gasteiger partial charge on any atom is -0.497 e. The fraction of sp³-hybridized carbons (Fsp3) is 0.364. The first-order valence-corrected chi connectivity index (χ1v) is 8.68. The van der Waals surface area contributed by atoms with E-state index < -0.39 is 5.60 Å². The van der Waals surface area contributed by atoms with Crippen LogP contribution in [0.3, 0.4) is 0 Å². The molecule has 2 aromatic carbocycles. The second kappa shape index (κ2) is 8.32. The summed E-state index contributed by atoms with van der Waals surface area (Å²) in [4.78, 5) is 0. The number of hydrogen-bond donors (Lipinski definition) is 2. The standard InChI is InChI=1S/C22H29NO2/c1-16(2)13-21(18-9-8-12-20(14-18)25-4)17(3)22(24,15-23)19-10-6-5-7-11-19/h5-12,14,17,21,24H,1,13,15,23H2,2-4H3. The van der Waals surface area contributed by atoms with Crippen LogP contribution in [-0.4, -0.2) is 18.8 Å². The van der Waals surface area contributed by atoms with E-state index in [9.17, 15) is 5.11 Å². The van der Waals surface area contributed by atoms with Crippen LogP contribution >= 0.6 is 0 Å². The van der Waals surface area contributed by atoms with Crippen molar-refractivity contribution >= 4 is 0 Å². The molecule has 0 aliphatic rings. The van der Waals surface area contributed by atoms with Gasteiger partial charge in [-0.15, -0.1) is 6.58 Å². The average Bonchev–Trinajstić information content (AvgIpc) is 2.65. The van der Waals surface area contributed by atoms with Gasteiger partial charge in [-0.25, -0.2) is 0 Å². The molecule has 0 aliphatic carbocycles. The molecule has 0 radical (unpaired) electrons. The number of aliphatic hydroxyl groups is 1. The minimum absolute atomic E-state index is 0.0846. The van der Waals surface area contributed by atoms with Gasteiger partial charge in [-0.3, -0.25) is 0 Å². The van der Waals surface area contributed by atoms with Gasteiger partial charge in [0, 0.05) is 6.54 Å². The van der Waals surface area contributed by atoms with Gasteiger partial charge in [0.2, 0.25) is 0 Å². The van der Waals surface area contributed by atoms with Crippen molar-refractivity contribution in [1.29, 1.82) is 0 Å². The largest absolute Gasteiger partial charge is 0.497 e. The minimum atomic E-state index is -1.11. The van der Waals surface area contributed by atoms with Crippen LogP contribution in [0.2, 0.25) is 0 Å². The number of benzene rings is 2. The smallest absolute Gasteiger partial charge is 0.119 e. The van der Waals surface area contributed by atoms with Gasteiger partial charge in [0.25, 0.3) is 0 Å². The Morgan fingerprint density at radius 1 is 1.20 bits per heavy atom. The van der Waals surface area contributed by atoms with E-state index in [2.05, 4.69) is 19.6 Å². The van der Waals surface area contributed by atoms with Gasteiger partial charge in [-0.2, -0.15) is 0 Å². The van der Waals surface area contributed by atoms with E-state index in [0.717, 1.165) is 28.9 Å². The van der Waals surface area contributed by atoms with Crippen molar-refractivity contribution in [2.24, 2.45) is 11.7 Å². The maximum absolute atomic E-state index is 11.4. The molecule has 134 valence electrons. The molecular formula is C22H29NO2. The molecule has 0 saturated carbocycles. The first-order chi connectivity index (χ1) is 11.9. The summed E-state index contributed by atoms with van der Waals surface area (Å²) in [5, 5.41) is 11.4. The maximum Gasteiger partial charge on any atom is 0.119 e. The van der Waals surface area contributed by atoms with Crippen molar-refractivity contribution < 1.29 is 9.84 Å². The number of rotatable bonds is 8. The lowest BCUT2D eigenvalue weighted by molar-refractivity contribution is -0.0196. The maximum atomic E-state index is 11.4. The van der Waals surface area contributed by atoms with Crippen LogP contribution < -0.4 is 10.5 Å². The van der Waals surface area contributed by atoms with Crippen molar-refractivity contribution in [1.82, 2.24) is 0 Å². The van der Waals surface area contributed by atoms with Crippen LogP contribution in [-0.2, 0) is 5.60 Å². The monoisotopic (exact) mass is 339 g/mol. The highest BCUT2D eigenvalue weighted by Crippen LogP contribution is 2.42. The summed E-state index contributed by atoms with van der Waals surface area (Å²) in [6, 6.07) is 17.7. The summed E-state index contributed by atoms with van der Waals surface area (Å²) in [7, 11) is 1.66. The molecule has 3 atom stereocenters. The predicted molar refractivity (Wildman–Crippen MR) is 104 cm³/mol. The molecular weight excluding hydrogens is 310 g/mol. The van der Waals surface area contributed by atoms with E-state index in [1.807, 2.05) is 55.5 Å². The normalized spacial score (nSPS) is 15.9. The molecule has 0 fully saturated rings. The van der Waals surface area contributed by atoms with Crippen molar-refractivity contribution in [2.45, 2.75) is 31.8 Å². The van der Waals surface area contributed by atoms with Gasteiger partial charge >= 0.3 is 0 Å². The van der Waals surface area contributed by atoms with E-state index in [-0.39, 0.29) is 18.4 Å². The first kappa shape index (κ1) is 19.2. The highest BCUT2D eigenvalue weighted by atomic mass is 16.5. The number of ether oxygens (including phenoxy) is 1. The second-order valence-electron chi connectivity index (χ2n) is 6.83. The van der Waals surface area contributed by atoms with Gasteiger partial charge in [0.1, 0.15) is 11.4 Å². The van der Waals surface area contributed by atoms with Crippen LogP contribution in [0.15, 0.2) is 66.7 Å². The van der Waals surface area contributed by atoms with Crippen LogP contribution in [0.5, 0.6) is 5.75 Å². The van der Waals surface area contributed by atoms with Gasteiger partial charge in [0.05, 0.1) is 7.11 Å². The van der Waals surface area contributed by atoms with Crippen LogP contribution in [0.4, 0.5) is 0 Å². The zero-order valence-corrected chi connectivity index (χ0v) is 15.4. The average molecular weight is 339 g/mol. The molecule has 3 heteroatoms. The predicted octanol–water partition coefficient (Wildman–Crippen LogP) is 4.23. The molecule has 0 heterocycles. The van der Waals surface area contributed by atoms with Gasteiger partial charge < -0.3 is 15.6 Å². The number of nitrogens with two attached hydrogens (primary N) is 1. The topological polar surface area (TPSA) is 55.5 Å². The molecule has 2 rings (SSSR count). The Hall–Kier alpha value is -2.10. The van der Waals surface area contributed by atoms with Gasteiger partial charge in [-0.1, -0.05) is 55.0 Å². The van der Waals surface area contributed by atoms with Crippen LogP contribution in [0.1, 0.15) is 37.3 Å². The van der Waals surface area contributed by atoms with Gasteiger partial charge in [-0.05, 0) is 48.4 Å². The van der Waals surface area contributed by atoms with Gasteiger partial charge in [0.15, 0.2) is 0 Å². The van der Waals surface area contributed by atoms with Crippen molar-refractivity contribution in [3.05, 3.63) is 77.9 Å². The number of hydrogen-bond acceptors (Lipinski definition) is 3. The molecule has 0 bridgehead atoms. The summed E-state index contributed by atoms with van der Waals surface area (Å²) in [6.07, 6.45) is 0.781. The Balaban J connectivity index is 2.46. The lowest BCUT2D eigenvalue weighted by Gasteiger charge is -2.39. The highest BCUT2D eigenvalue weighted by Gasteiger charge is 2.39. The lowest BCUT2D eigenvalue weighted by Crippen LogP contribution is -2.43. The molecule has 0 amide bonds. The molecule has 3 unspecified atom stereocenters. The third-order valence-electron chi connectivity index (χ3n) is 5.03.